The maximum atomic E-state index is 11.5. The average molecular weight is 459 g/mol. The second kappa shape index (κ2) is 16.2. The highest BCUT2D eigenvalue weighted by molar-refractivity contribution is 7.98. The Morgan fingerprint density at radius 3 is 1.90 bits per heavy atom. The lowest BCUT2D eigenvalue weighted by Gasteiger charge is -2.21. The van der Waals surface area contributed by atoms with Gasteiger partial charge in [0.25, 0.3) is 0 Å². The molecule has 0 fully saturated rings. The molecule has 0 saturated heterocycles. The second-order valence-electron chi connectivity index (χ2n) is 5.76. The van der Waals surface area contributed by atoms with Crippen molar-refractivity contribution >= 4 is 48.3 Å². The summed E-state index contributed by atoms with van der Waals surface area (Å²) >= 11 is 5.43. The molecule has 0 unspecified atom stereocenters. The summed E-state index contributed by atoms with van der Waals surface area (Å²) in [7, 11) is 0. The topological polar surface area (TPSA) is 231 Å². The van der Waals surface area contributed by atoms with Gasteiger partial charge in [-0.15, -0.1) is 0 Å². The number of rotatable bonds is 12. The van der Waals surface area contributed by atoms with Gasteiger partial charge in [-0.3, -0.25) is 19.2 Å². The molecule has 5 atom stereocenters. The van der Waals surface area contributed by atoms with E-state index in [0.717, 1.165) is 5.75 Å². The number of thioether (sulfide) groups is 1. The van der Waals surface area contributed by atoms with Crippen LogP contribution in [0.2, 0.25) is 0 Å². The van der Waals surface area contributed by atoms with Crippen molar-refractivity contribution in [2.75, 3.05) is 24.4 Å². The van der Waals surface area contributed by atoms with Crippen molar-refractivity contribution in [2.45, 2.75) is 43.6 Å². The van der Waals surface area contributed by atoms with E-state index in [1.807, 2.05) is 6.26 Å². The zero-order valence-corrected chi connectivity index (χ0v) is 17.9. The average Bonchev–Trinajstić information content (AvgIpc) is 2.68. The maximum Gasteiger partial charge on any atom is 0.326 e. The lowest BCUT2D eigenvalue weighted by molar-refractivity contribution is -0.157. The third kappa shape index (κ3) is 14.1. The Morgan fingerprint density at radius 2 is 1.48 bits per heavy atom. The predicted molar refractivity (Wildman–Crippen MR) is 111 cm³/mol. The quantitative estimate of drug-likeness (QED) is 0.120. The number of carboxylic acid groups (broad SMARTS) is 2. The van der Waals surface area contributed by atoms with E-state index >= 15 is 0 Å². The Hall–Kier alpha value is -1.58. The molecule has 0 spiro atoms. The van der Waals surface area contributed by atoms with Gasteiger partial charge in [0.1, 0.15) is 36.9 Å². The fraction of sp³-hybridized carbons (Fsp3) is 0.733. The Kier molecular flexibility index (Phi) is 16.6. The highest BCUT2D eigenvalue weighted by atomic mass is 32.2. The molecule has 0 amide bonds. The van der Waals surface area contributed by atoms with Crippen LogP contribution in [0, 0.1) is 0 Å². The second-order valence-corrected chi connectivity index (χ2v) is 7.11. The van der Waals surface area contributed by atoms with Crippen LogP contribution < -0.4 is 22.9 Å². The molecule has 0 aliphatic heterocycles. The normalized spacial score (nSPS) is 15.6. The van der Waals surface area contributed by atoms with E-state index < -0.39 is 60.8 Å². The van der Waals surface area contributed by atoms with Crippen molar-refractivity contribution < 1.29 is 38.9 Å². The molecule has 14 heteroatoms. The number of carbonyl (C=O) groups is 4. The highest BCUT2D eigenvalue weighted by Gasteiger charge is 2.28. The number of carbonyl (C=O) groups excluding carboxylic acids is 2. The molecule has 10 N–H and O–H groups in total. The summed E-state index contributed by atoms with van der Waals surface area (Å²) in [5.41, 5.74) is 21.2. The molecule has 0 aromatic carbocycles. The van der Waals surface area contributed by atoms with Crippen molar-refractivity contribution in [1.82, 2.24) is 0 Å². The maximum absolute atomic E-state index is 11.5. The van der Waals surface area contributed by atoms with Crippen LogP contribution in [0.3, 0.4) is 0 Å². The first-order valence-corrected chi connectivity index (χ1v) is 10.4. The van der Waals surface area contributed by atoms with Gasteiger partial charge in [-0.2, -0.15) is 24.4 Å². The Morgan fingerprint density at radius 1 is 0.966 bits per heavy atom. The van der Waals surface area contributed by atoms with Crippen LogP contribution in [0.1, 0.15) is 13.3 Å². The van der Waals surface area contributed by atoms with Crippen LogP contribution in [0.15, 0.2) is 0 Å². The number of ether oxygens (including phenoxy) is 2. The molecule has 0 radical (unpaired) electrons. The van der Waals surface area contributed by atoms with Crippen molar-refractivity contribution in [3.8, 4) is 0 Å². The molecular weight excluding hydrogens is 428 g/mol. The summed E-state index contributed by atoms with van der Waals surface area (Å²) in [4.78, 5) is 43.4. The van der Waals surface area contributed by atoms with Gasteiger partial charge in [0.05, 0.1) is 0 Å². The first kappa shape index (κ1) is 29.6. The molecule has 12 nitrogen and oxygen atoms in total. The Balaban J connectivity index is 0. The molecule has 0 aliphatic rings. The minimum atomic E-state index is -1.35. The molecule has 0 rings (SSSR count). The number of nitrogens with two attached hydrogens (primary N) is 4. The lowest BCUT2D eigenvalue weighted by Crippen LogP contribution is -2.47. The van der Waals surface area contributed by atoms with Gasteiger partial charge in [0, 0.05) is 5.75 Å². The summed E-state index contributed by atoms with van der Waals surface area (Å²) in [5, 5.41) is 16.8. The summed E-state index contributed by atoms with van der Waals surface area (Å²) in [6, 6.07) is -4.23. The molecule has 0 aliphatic carbocycles. The van der Waals surface area contributed by atoms with E-state index in [1.165, 1.54) is 6.92 Å². The smallest absolute Gasteiger partial charge is 0.326 e. The van der Waals surface area contributed by atoms with Gasteiger partial charge in [0.2, 0.25) is 0 Å². The fourth-order valence-electron chi connectivity index (χ4n) is 1.32. The van der Waals surface area contributed by atoms with Crippen LogP contribution in [0.4, 0.5) is 0 Å². The molecule has 0 saturated carbocycles. The van der Waals surface area contributed by atoms with Crippen molar-refractivity contribution in [3.05, 3.63) is 0 Å². The Labute approximate surface area is 178 Å². The minimum Gasteiger partial charge on any atom is -0.480 e. The van der Waals surface area contributed by atoms with Crippen LogP contribution in [0.5, 0.6) is 0 Å². The summed E-state index contributed by atoms with van der Waals surface area (Å²) in [6.45, 7) is 0.852. The van der Waals surface area contributed by atoms with E-state index in [9.17, 15) is 19.2 Å². The number of aliphatic carboxylic acids is 2. The van der Waals surface area contributed by atoms with E-state index in [4.69, 9.17) is 37.9 Å². The van der Waals surface area contributed by atoms with Gasteiger partial charge in [-0.25, -0.2) is 0 Å². The Bertz CT molecular complexity index is 540. The monoisotopic (exact) mass is 458 g/mol. The van der Waals surface area contributed by atoms with E-state index in [0.29, 0.717) is 6.42 Å². The standard InChI is InChI=1S/C10H19N3O6S.C5H11NO2S/c1-4(19-9(16)6(12)3-20)7(13)10(17)18-2-5(11)8(14)15;1-9-3-2-4(6)5(7)8/h4-7,20H,2-3,11-13H2,1H3,(H,14,15);4H,2-3,6H2,1H3,(H,7,8)/t4-,5+,6+,7+;4-/m10/s1. The molecule has 0 aromatic heterocycles. The number of thiol groups is 1. The first-order valence-electron chi connectivity index (χ1n) is 8.33. The van der Waals surface area contributed by atoms with Gasteiger partial charge in [-0.1, -0.05) is 0 Å². The van der Waals surface area contributed by atoms with Gasteiger partial charge in [-0.05, 0) is 25.4 Å². The zero-order valence-electron chi connectivity index (χ0n) is 16.2. The third-order valence-electron chi connectivity index (χ3n) is 3.25. The molecule has 0 bridgehead atoms. The van der Waals surface area contributed by atoms with Crippen LogP contribution >= 0.6 is 24.4 Å². The number of carboxylic acids is 2. The minimum absolute atomic E-state index is 0.0820. The van der Waals surface area contributed by atoms with Crippen LogP contribution in [-0.4, -0.2) is 88.7 Å². The molecule has 0 heterocycles. The molecule has 29 heavy (non-hydrogen) atoms. The van der Waals surface area contributed by atoms with Gasteiger partial charge < -0.3 is 42.6 Å². The SMILES string of the molecule is CSCC[C@H](N)C(=O)O.C[C@@H](OC(=O)[C@@H](N)CS)[C@H](N)C(=O)OC[C@H](N)C(=O)O. The van der Waals surface area contributed by atoms with Crippen molar-refractivity contribution in [1.29, 1.82) is 0 Å². The lowest BCUT2D eigenvalue weighted by atomic mass is 10.2. The van der Waals surface area contributed by atoms with Crippen molar-refractivity contribution in [3.63, 3.8) is 0 Å². The predicted octanol–water partition coefficient (Wildman–Crippen LogP) is -2.39. The molecule has 0 aromatic rings. The number of hydrogen-bond donors (Lipinski definition) is 7. The van der Waals surface area contributed by atoms with Crippen LogP contribution in [-0.2, 0) is 28.7 Å². The molecule has 170 valence electrons. The largest absolute Gasteiger partial charge is 0.480 e. The summed E-state index contributed by atoms with van der Waals surface area (Å²) in [5.74, 6) is -3.01. The van der Waals surface area contributed by atoms with E-state index in [2.05, 4.69) is 17.4 Å². The van der Waals surface area contributed by atoms with Gasteiger partial charge >= 0.3 is 23.9 Å². The summed E-state index contributed by atoms with van der Waals surface area (Å²) < 4.78 is 9.46. The van der Waals surface area contributed by atoms with Crippen molar-refractivity contribution in [2.24, 2.45) is 22.9 Å². The number of hydrogen-bond acceptors (Lipinski definition) is 12. The number of esters is 2. The zero-order chi connectivity index (χ0) is 23.1. The molecular formula is C15H30N4O8S2. The summed E-state index contributed by atoms with van der Waals surface area (Å²) in [6.07, 6.45) is 1.49. The van der Waals surface area contributed by atoms with E-state index in [-0.39, 0.29) is 5.75 Å². The van der Waals surface area contributed by atoms with Crippen LogP contribution in [0.25, 0.3) is 0 Å². The first-order chi connectivity index (χ1) is 13.4. The fourth-order valence-corrected chi connectivity index (χ4v) is 1.96. The third-order valence-corrected chi connectivity index (χ3v) is 4.29. The van der Waals surface area contributed by atoms with Gasteiger partial charge in [0.15, 0.2) is 0 Å². The highest BCUT2D eigenvalue weighted by Crippen LogP contribution is 2.02. The van der Waals surface area contributed by atoms with E-state index in [1.54, 1.807) is 11.8 Å².